The Morgan fingerprint density at radius 2 is 0.938 bits per heavy atom. The van der Waals surface area contributed by atoms with Gasteiger partial charge in [-0.3, -0.25) is 0 Å². The van der Waals surface area contributed by atoms with E-state index < -0.39 is 23.6 Å². The Hall–Kier alpha value is -5.64. The molecule has 4 rings (SSSR count). The summed E-state index contributed by atoms with van der Waals surface area (Å²) in [6.45, 7) is 4.26. The molecule has 0 saturated carbocycles. The maximum atomic E-state index is 13.7. The van der Waals surface area contributed by atoms with Gasteiger partial charge in [-0.2, -0.15) is 8.78 Å². The highest BCUT2D eigenvalue weighted by molar-refractivity contribution is 5.91. The minimum atomic E-state index is -0.985. The zero-order chi connectivity index (χ0) is 34.7. The first-order valence-corrected chi connectivity index (χ1v) is 15.1. The Morgan fingerprint density at radius 1 is 0.562 bits per heavy atom. The standard InChI is InChI=1S/2C19H19FO4/c2*1-3-23-19(21)16(20)11-15-9-10-17(18(12-15)22-2)24-13-14-7-5-4-6-8-14/h2*4-12H,3,13H2,1-2H3/b16-11+;16-11-. The Labute approximate surface area is 279 Å². The van der Waals surface area contributed by atoms with E-state index in [1.54, 1.807) is 50.2 Å². The van der Waals surface area contributed by atoms with Gasteiger partial charge in [0.2, 0.25) is 11.7 Å². The molecule has 0 aliphatic rings. The van der Waals surface area contributed by atoms with Crippen LogP contribution in [0.15, 0.2) is 109 Å². The predicted octanol–water partition coefficient (Wildman–Crippen LogP) is 8.30. The van der Waals surface area contributed by atoms with Gasteiger partial charge < -0.3 is 28.4 Å². The lowest BCUT2D eigenvalue weighted by molar-refractivity contribution is -0.140. The molecule has 4 aromatic carbocycles. The third-order valence-electron chi connectivity index (χ3n) is 6.38. The minimum Gasteiger partial charge on any atom is -0.493 e. The lowest BCUT2D eigenvalue weighted by Crippen LogP contribution is -2.04. The van der Waals surface area contributed by atoms with E-state index in [9.17, 15) is 18.4 Å². The summed E-state index contributed by atoms with van der Waals surface area (Å²) in [5, 5.41) is 0. The van der Waals surface area contributed by atoms with E-state index in [0.717, 1.165) is 23.3 Å². The highest BCUT2D eigenvalue weighted by Gasteiger charge is 2.13. The molecule has 10 heteroatoms. The molecule has 0 heterocycles. The van der Waals surface area contributed by atoms with Crippen molar-refractivity contribution in [2.45, 2.75) is 27.1 Å². The van der Waals surface area contributed by atoms with Crippen LogP contribution in [0.25, 0.3) is 12.2 Å². The van der Waals surface area contributed by atoms with E-state index in [1.807, 2.05) is 60.7 Å². The maximum Gasteiger partial charge on any atom is 0.367 e. The van der Waals surface area contributed by atoms with Crippen LogP contribution in [0.2, 0.25) is 0 Å². The van der Waals surface area contributed by atoms with E-state index in [-0.39, 0.29) is 13.2 Å². The van der Waals surface area contributed by atoms with Gasteiger partial charge in [0, 0.05) is 0 Å². The summed E-state index contributed by atoms with van der Waals surface area (Å²) in [6.07, 6.45) is 2.20. The third-order valence-corrected chi connectivity index (χ3v) is 6.38. The van der Waals surface area contributed by atoms with Crippen LogP contribution in [-0.4, -0.2) is 39.4 Å². The second-order valence-corrected chi connectivity index (χ2v) is 9.79. The van der Waals surface area contributed by atoms with Crippen LogP contribution in [-0.2, 0) is 32.3 Å². The van der Waals surface area contributed by atoms with Crippen molar-refractivity contribution in [3.63, 3.8) is 0 Å². The fourth-order valence-corrected chi connectivity index (χ4v) is 4.07. The van der Waals surface area contributed by atoms with Crippen molar-refractivity contribution in [2.75, 3.05) is 27.4 Å². The SMILES string of the molecule is CCOC(=O)/C(F)=C/c1ccc(OCc2ccccc2)c(OC)c1.CCOC(=O)/C(F)=C\c1ccc(OCc2ccccc2)c(OC)c1. The lowest BCUT2D eigenvalue weighted by atomic mass is 10.2. The molecule has 0 aliphatic carbocycles. The Morgan fingerprint density at radius 3 is 1.27 bits per heavy atom. The Bertz CT molecular complexity index is 1550. The van der Waals surface area contributed by atoms with Crippen LogP contribution >= 0.6 is 0 Å². The largest absolute Gasteiger partial charge is 0.493 e. The summed E-state index contributed by atoms with van der Waals surface area (Å²) in [7, 11) is 3.00. The number of halogens is 2. The number of methoxy groups -OCH3 is 2. The molecular formula is C38H38F2O8. The molecule has 0 N–H and O–H groups in total. The smallest absolute Gasteiger partial charge is 0.367 e. The van der Waals surface area contributed by atoms with Gasteiger partial charge in [-0.1, -0.05) is 72.8 Å². The Balaban J connectivity index is 0.000000260. The van der Waals surface area contributed by atoms with Crippen molar-refractivity contribution >= 4 is 24.1 Å². The molecule has 8 nitrogen and oxygen atoms in total. The highest BCUT2D eigenvalue weighted by atomic mass is 19.1. The average molecular weight is 661 g/mol. The number of carbonyl (C=O) groups excluding carboxylic acids is 2. The number of hydrogen-bond donors (Lipinski definition) is 0. The topological polar surface area (TPSA) is 89.5 Å². The van der Waals surface area contributed by atoms with E-state index in [4.69, 9.17) is 18.9 Å². The van der Waals surface area contributed by atoms with Crippen LogP contribution in [0.4, 0.5) is 8.78 Å². The summed E-state index contributed by atoms with van der Waals surface area (Å²) in [5.74, 6) is -1.91. The van der Waals surface area contributed by atoms with Gasteiger partial charge in [0.05, 0.1) is 27.4 Å². The number of benzene rings is 4. The quantitative estimate of drug-likeness (QED) is 0.0986. The molecule has 0 radical (unpaired) electrons. The Kier molecular flexibility index (Phi) is 15.2. The van der Waals surface area contributed by atoms with Crippen molar-refractivity contribution in [1.29, 1.82) is 0 Å². The second-order valence-electron chi connectivity index (χ2n) is 9.79. The summed E-state index contributed by atoms with van der Waals surface area (Å²) in [4.78, 5) is 22.6. The zero-order valence-electron chi connectivity index (χ0n) is 27.2. The maximum absolute atomic E-state index is 13.7. The first-order chi connectivity index (χ1) is 23.3. The summed E-state index contributed by atoms with van der Waals surface area (Å²) in [5.41, 5.74) is 3.00. The molecule has 0 amide bonds. The van der Waals surface area contributed by atoms with Crippen LogP contribution in [0.3, 0.4) is 0 Å². The first kappa shape index (κ1) is 36.8. The lowest BCUT2D eigenvalue weighted by Gasteiger charge is -2.11. The van der Waals surface area contributed by atoms with Gasteiger partial charge in [-0.25, -0.2) is 9.59 Å². The van der Waals surface area contributed by atoms with Crippen molar-refractivity contribution in [3.05, 3.63) is 131 Å². The molecule has 48 heavy (non-hydrogen) atoms. The first-order valence-electron chi connectivity index (χ1n) is 15.1. The van der Waals surface area contributed by atoms with Gasteiger partial charge in [-0.15, -0.1) is 0 Å². The number of ether oxygens (including phenoxy) is 6. The van der Waals surface area contributed by atoms with Gasteiger partial charge in [0.25, 0.3) is 0 Å². The van der Waals surface area contributed by atoms with Crippen molar-refractivity contribution < 1.29 is 46.8 Å². The van der Waals surface area contributed by atoms with Crippen molar-refractivity contribution in [2.24, 2.45) is 0 Å². The van der Waals surface area contributed by atoms with E-state index >= 15 is 0 Å². The van der Waals surface area contributed by atoms with Gasteiger partial charge in [0.1, 0.15) is 13.2 Å². The van der Waals surface area contributed by atoms with E-state index in [2.05, 4.69) is 9.47 Å². The van der Waals surface area contributed by atoms with E-state index in [0.29, 0.717) is 47.3 Å². The van der Waals surface area contributed by atoms with Crippen LogP contribution in [0, 0.1) is 0 Å². The summed E-state index contributed by atoms with van der Waals surface area (Å²) < 4.78 is 58.6. The summed E-state index contributed by atoms with van der Waals surface area (Å²) in [6, 6.07) is 29.2. The third kappa shape index (κ3) is 11.9. The van der Waals surface area contributed by atoms with Crippen molar-refractivity contribution in [3.8, 4) is 23.0 Å². The molecule has 0 saturated heterocycles. The molecule has 4 aromatic rings. The molecule has 252 valence electrons. The fraction of sp³-hybridized carbons (Fsp3) is 0.211. The van der Waals surface area contributed by atoms with Crippen LogP contribution in [0.1, 0.15) is 36.1 Å². The number of rotatable bonds is 14. The van der Waals surface area contributed by atoms with Crippen molar-refractivity contribution in [1.82, 2.24) is 0 Å². The molecule has 0 aromatic heterocycles. The molecular weight excluding hydrogens is 622 g/mol. The molecule has 0 bridgehead atoms. The predicted molar refractivity (Wildman–Crippen MR) is 179 cm³/mol. The van der Waals surface area contributed by atoms with Gasteiger partial charge in [-0.05, 0) is 72.5 Å². The normalized spacial score (nSPS) is 11.0. The zero-order valence-corrected chi connectivity index (χ0v) is 27.2. The monoisotopic (exact) mass is 660 g/mol. The molecule has 0 unspecified atom stereocenters. The summed E-state index contributed by atoms with van der Waals surface area (Å²) >= 11 is 0. The fourth-order valence-electron chi connectivity index (χ4n) is 4.07. The second kappa shape index (κ2) is 19.8. The van der Waals surface area contributed by atoms with E-state index in [1.165, 1.54) is 14.2 Å². The molecule has 0 spiro atoms. The highest BCUT2D eigenvalue weighted by Crippen LogP contribution is 2.31. The van der Waals surface area contributed by atoms with Crippen LogP contribution < -0.4 is 18.9 Å². The van der Waals surface area contributed by atoms with Gasteiger partial charge >= 0.3 is 11.9 Å². The molecule has 0 atom stereocenters. The molecule has 0 fully saturated rings. The minimum absolute atomic E-state index is 0.121. The number of carbonyl (C=O) groups is 2. The molecule has 0 aliphatic heterocycles. The number of esters is 2. The van der Waals surface area contributed by atoms with Crippen LogP contribution in [0.5, 0.6) is 23.0 Å². The average Bonchev–Trinajstić information content (AvgIpc) is 3.11. The van der Waals surface area contributed by atoms with Gasteiger partial charge in [0.15, 0.2) is 23.0 Å². The number of hydrogen-bond acceptors (Lipinski definition) is 8.